The molecular weight excluding hydrogens is 240 g/mol. The minimum absolute atomic E-state index is 0.734. The van der Waals surface area contributed by atoms with Crippen LogP contribution in [0.5, 0.6) is 0 Å². The second kappa shape index (κ2) is 5.55. The Morgan fingerprint density at radius 3 is 2.20 bits per heavy atom. The van der Waals surface area contributed by atoms with E-state index in [0.29, 0.717) is 0 Å². The van der Waals surface area contributed by atoms with Gasteiger partial charge < -0.3 is 0 Å². The Morgan fingerprint density at radius 2 is 1.55 bits per heavy atom. The van der Waals surface area contributed by atoms with Crippen LogP contribution in [0.25, 0.3) is 0 Å². The fraction of sp³-hybridized carbons (Fsp3) is 0.300. The summed E-state index contributed by atoms with van der Waals surface area (Å²) in [7, 11) is 0. The molecular formula is C20H20. The summed E-state index contributed by atoms with van der Waals surface area (Å²) in [5, 5.41) is 0. The Balaban J connectivity index is 1.92. The predicted molar refractivity (Wildman–Crippen MR) is 84.9 cm³/mol. The maximum Gasteiger partial charge on any atom is 0.0284 e. The Bertz CT molecular complexity index is 661. The van der Waals surface area contributed by atoms with E-state index in [1.165, 1.54) is 41.5 Å². The molecule has 100 valence electrons. The molecule has 0 heteroatoms. The molecule has 0 nitrogen and oxygen atoms in total. The van der Waals surface area contributed by atoms with Gasteiger partial charge in [-0.1, -0.05) is 53.7 Å². The second-order valence-electron chi connectivity index (χ2n) is 5.83. The fourth-order valence-electron chi connectivity index (χ4n) is 2.63. The molecule has 1 aliphatic carbocycles. The lowest BCUT2D eigenvalue weighted by molar-refractivity contribution is 0.419. The zero-order valence-electron chi connectivity index (χ0n) is 12.2. The summed E-state index contributed by atoms with van der Waals surface area (Å²) in [5.41, 5.74) is 6.38. The van der Waals surface area contributed by atoms with Crippen molar-refractivity contribution in [3.05, 3.63) is 70.3 Å². The first-order valence-corrected chi connectivity index (χ1v) is 7.41. The van der Waals surface area contributed by atoms with Crippen molar-refractivity contribution >= 4 is 0 Å². The van der Waals surface area contributed by atoms with Crippen molar-refractivity contribution in [3.63, 3.8) is 0 Å². The third kappa shape index (κ3) is 2.78. The van der Waals surface area contributed by atoms with Crippen molar-refractivity contribution in [1.29, 1.82) is 0 Å². The lowest BCUT2D eigenvalue weighted by atomic mass is 9.78. The molecule has 0 aliphatic heterocycles. The van der Waals surface area contributed by atoms with E-state index < -0.39 is 0 Å². The average molecular weight is 260 g/mol. The van der Waals surface area contributed by atoms with Crippen LogP contribution < -0.4 is 0 Å². The van der Waals surface area contributed by atoms with Crippen LogP contribution in [0.3, 0.4) is 0 Å². The van der Waals surface area contributed by atoms with Crippen molar-refractivity contribution in [2.24, 2.45) is 0 Å². The zero-order valence-corrected chi connectivity index (χ0v) is 12.2. The van der Waals surface area contributed by atoms with E-state index in [9.17, 15) is 0 Å². The largest absolute Gasteiger partial charge is 0.0616 e. The standard InChI is InChI=1S/C20H20/c1-15-6-9-17(10-7-15)11-13-19-12-8-16(2)14-20(19)18-4-3-5-18/h6-10,12,14,18H,3-5H2,1-2H3. The Morgan fingerprint density at radius 1 is 0.850 bits per heavy atom. The highest BCUT2D eigenvalue weighted by molar-refractivity contribution is 5.49. The summed E-state index contributed by atoms with van der Waals surface area (Å²) in [6.07, 6.45) is 4.01. The van der Waals surface area contributed by atoms with Crippen LogP contribution in [0, 0.1) is 25.7 Å². The molecule has 0 bridgehead atoms. The summed E-state index contributed by atoms with van der Waals surface area (Å²) in [6.45, 7) is 4.27. The molecule has 0 unspecified atom stereocenters. The molecule has 0 aromatic heterocycles. The van der Waals surface area contributed by atoms with Gasteiger partial charge in [0.1, 0.15) is 0 Å². The lowest BCUT2D eigenvalue weighted by Crippen LogP contribution is -2.10. The molecule has 1 fully saturated rings. The number of rotatable bonds is 1. The zero-order chi connectivity index (χ0) is 13.9. The van der Waals surface area contributed by atoms with E-state index in [4.69, 9.17) is 0 Å². The van der Waals surface area contributed by atoms with Crippen LogP contribution in [0.1, 0.15) is 53.0 Å². The van der Waals surface area contributed by atoms with Crippen LogP contribution in [-0.4, -0.2) is 0 Å². The highest BCUT2D eigenvalue weighted by atomic mass is 14.3. The third-order valence-electron chi connectivity index (χ3n) is 4.15. The van der Waals surface area contributed by atoms with Gasteiger partial charge in [-0.05, 0) is 56.4 Å². The van der Waals surface area contributed by atoms with E-state index >= 15 is 0 Å². The smallest absolute Gasteiger partial charge is 0.0284 e. The number of hydrogen-bond acceptors (Lipinski definition) is 0. The molecule has 20 heavy (non-hydrogen) atoms. The minimum atomic E-state index is 0.734. The summed E-state index contributed by atoms with van der Waals surface area (Å²) in [5.74, 6) is 7.41. The molecule has 0 amide bonds. The predicted octanol–water partition coefficient (Wildman–Crippen LogP) is 4.97. The summed E-state index contributed by atoms with van der Waals surface area (Å²) in [6, 6.07) is 15.1. The van der Waals surface area contributed by atoms with Crippen LogP contribution in [0.2, 0.25) is 0 Å². The maximum atomic E-state index is 3.38. The van der Waals surface area contributed by atoms with Gasteiger partial charge in [0.25, 0.3) is 0 Å². The molecule has 0 spiro atoms. The van der Waals surface area contributed by atoms with Gasteiger partial charge in [0, 0.05) is 11.1 Å². The van der Waals surface area contributed by atoms with Crippen LogP contribution >= 0.6 is 0 Å². The van der Waals surface area contributed by atoms with Crippen LogP contribution in [-0.2, 0) is 0 Å². The number of aryl methyl sites for hydroxylation is 2. The normalized spacial score (nSPS) is 14.3. The summed E-state index contributed by atoms with van der Waals surface area (Å²) >= 11 is 0. The molecule has 0 atom stereocenters. The summed E-state index contributed by atoms with van der Waals surface area (Å²) < 4.78 is 0. The molecule has 0 radical (unpaired) electrons. The topological polar surface area (TPSA) is 0 Å². The molecule has 2 aromatic rings. The fourth-order valence-corrected chi connectivity index (χ4v) is 2.63. The first kappa shape index (κ1) is 13.0. The second-order valence-corrected chi connectivity index (χ2v) is 5.83. The molecule has 1 saturated carbocycles. The van der Waals surface area contributed by atoms with Crippen molar-refractivity contribution < 1.29 is 0 Å². The Kier molecular flexibility index (Phi) is 3.61. The third-order valence-corrected chi connectivity index (χ3v) is 4.15. The highest BCUT2D eigenvalue weighted by Crippen LogP contribution is 2.38. The summed E-state index contributed by atoms with van der Waals surface area (Å²) in [4.78, 5) is 0. The van der Waals surface area contributed by atoms with Crippen molar-refractivity contribution in [2.75, 3.05) is 0 Å². The van der Waals surface area contributed by atoms with Gasteiger partial charge in [-0.3, -0.25) is 0 Å². The maximum absolute atomic E-state index is 3.38. The molecule has 2 aromatic carbocycles. The van der Waals surface area contributed by atoms with E-state index in [-0.39, 0.29) is 0 Å². The molecule has 1 aliphatic rings. The monoisotopic (exact) mass is 260 g/mol. The van der Waals surface area contributed by atoms with Gasteiger partial charge in [0.05, 0.1) is 0 Å². The Hall–Kier alpha value is -2.00. The van der Waals surface area contributed by atoms with Crippen molar-refractivity contribution in [2.45, 2.75) is 39.0 Å². The van der Waals surface area contributed by atoms with Gasteiger partial charge in [-0.15, -0.1) is 0 Å². The lowest BCUT2D eigenvalue weighted by Gasteiger charge is -2.27. The van der Waals surface area contributed by atoms with Crippen molar-refractivity contribution in [1.82, 2.24) is 0 Å². The number of benzene rings is 2. The van der Waals surface area contributed by atoms with E-state index in [1.807, 2.05) is 0 Å². The molecule has 0 heterocycles. The molecule has 3 rings (SSSR count). The molecule has 0 N–H and O–H groups in total. The first-order valence-electron chi connectivity index (χ1n) is 7.41. The van der Waals surface area contributed by atoms with Crippen molar-refractivity contribution in [3.8, 4) is 11.8 Å². The average Bonchev–Trinajstić information content (AvgIpc) is 2.38. The Labute approximate surface area is 121 Å². The van der Waals surface area contributed by atoms with Gasteiger partial charge >= 0.3 is 0 Å². The van der Waals surface area contributed by atoms with Gasteiger partial charge in [-0.25, -0.2) is 0 Å². The van der Waals surface area contributed by atoms with E-state index in [2.05, 4.69) is 68.2 Å². The van der Waals surface area contributed by atoms with Crippen LogP contribution in [0.4, 0.5) is 0 Å². The van der Waals surface area contributed by atoms with Gasteiger partial charge in [0.2, 0.25) is 0 Å². The van der Waals surface area contributed by atoms with Crippen LogP contribution in [0.15, 0.2) is 42.5 Å². The number of hydrogen-bond donors (Lipinski definition) is 0. The first-order chi connectivity index (χ1) is 9.72. The minimum Gasteiger partial charge on any atom is -0.0616 e. The van der Waals surface area contributed by atoms with E-state index in [1.54, 1.807) is 0 Å². The van der Waals surface area contributed by atoms with Gasteiger partial charge in [-0.2, -0.15) is 0 Å². The quantitative estimate of drug-likeness (QED) is 0.635. The molecule has 0 saturated heterocycles. The van der Waals surface area contributed by atoms with Gasteiger partial charge in [0.15, 0.2) is 0 Å². The SMILES string of the molecule is Cc1ccc(C#Cc2ccc(C)cc2C2CCC2)cc1. The highest BCUT2D eigenvalue weighted by Gasteiger charge is 2.21. The van der Waals surface area contributed by atoms with E-state index in [0.717, 1.165) is 11.5 Å².